The van der Waals surface area contributed by atoms with Crippen LogP contribution >= 0.6 is 11.8 Å². The number of fused-ring (bicyclic) bond motifs is 1. The topological polar surface area (TPSA) is 61.3 Å². The molecule has 2 rings (SSSR count). The Morgan fingerprint density at radius 1 is 1.53 bits per heavy atom. The Morgan fingerprint density at radius 2 is 2.27 bits per heavy atom. The Bertz CT molecular complexity index is 393. The molecule has 4 N–H and O–H groups in total. The van der Waals surface area contributed by atoms with Gasteiger partial charge < -0.3 is 16.2 Å². The molecular weight excluding hydrogens is 208 g/mol. The van der Waals surface area contributed by atoms with Crippen molar-refractivity contribution in [2.45, 2.75) is 31.3 Å². The molecule has 0 aromatic heterocycles. The lowest BCUT2D eigenvalue weighted by atomic mass is 10.1. The molecule has 15 heavy (non-hydrogen) atoms. The number of benzene rings is 1. The van der Waals surface area contributed by atoms with Crippen molar-refractivity contribution in [3.8, 4) is 5.75 Å². The average Bonchev–Trinajstić information content (AvgIpc) is 2.25. The van der Waals surface area contributed by atoms with E-state index < -0.39 is 0 Å². The fraction of sp³-hybridized carbons (Fsp3) is 0.455. The molecule has 0 aliphatic carbocycles. The van der Waals surface area contributed by atoms with E-state index in [1.165, 1.54) is 0 Å². The number of nitrogen functional groups attached to an aromatic ring is 2. The highest BCUT2D eigenvalue weighted by Crippen LogP contribution is 2.45. The van der Waals surface area contributed by atoms with E-state index in [1.807, 2.05) is 13.0 Å². The number of nitrogens with two attached hydrogens (primary N) is 2. The van der Waals surface area contributed by atoms with E-state index in [-0.39, 0.29) is 6.10 Å². The van der Waals surface area contributed by atoms with E-state index in [0.29, 0.717) is 0 Å². The predicted molar refractivity (Wildman–Crippen MR) is 65.4 cm³/mol. The van der Waals surface area contributed by atoms with Crippen molar-refractivity contribution in [3.63, 3.8) is 0 Å². The van der Waals surface area contributed by atoms with Gasteiger partial charge in [-0.2, -0.15) is 0 Å². The molecule has 0 radical (unpaired) electrons. The van der Waals surface area contributed by atoms with Crippen LogP contribution in [0.2, 0.25) is 0 Å². The quantitative estimate of drug-likeness (QED) is 0.719. The van der Waals surface area contributed by atoms with Crippen LogP contribution in [0, 0.1) is 6.92 Å². The van der Waals surface area contributed by atoms with Gasteiger partial charge in [-0.05, 0) is 25.0 Å². The Hall–Kier alpha value is -1.03. The third-order valence-electron chi connectivity index (χ3n) is 2.66. The molecule has 0 amide bonds. The van der Waals surface area contributed by atoms with Crippen LogP contribution in [0.25, 0.3) is 0 Å². The maximum atomic E-state index is 6.00. The molecule has 1 unspecified atom stereocenters. The van der Waals surface area contributed by atoms with Crippen molar-refractivity contribution in [3.05, 3.63) is 11.6 Å². The molecule has 0 bridgehead atoms. The highest BCUT2D eigenvalue weighted by atomic mass is 32.2. The third kappa shape index (κ3) is 1.74. The summed E-state index contributed by atoms with van der Waals surface area (Å²) < 4.78 is 5.85. The number of thioether (sulfide) groups is 1. The van der Waals surface area contributed by atoms with Gasteiger partial charge in [0.1, 0.15) is 6.10 Å². The summed E-state index contributed by atoms with van der Waals surface area (Å²) >= 11 is 1.74. The second-order valence-corrected chi connectivity index (χ2v) is 4.84. The van der Waals surface area contributed by atoms with Crippen LogP contribution in [0.4, 0.5) is 11.4 Å². The van der Waals surface area contributed by atoms with Crippen LogP contribution in [0.3, 0.4) is 0 Å². The second kappa shape index (κ2) is 3.85. The first-order valence-corrected chi connectivity index (χ1v) is 6.10. The van der Waals surface area contributed by atoms with Gasteiger partial charge in [0, 0.05) is 11.4 Å². The van der Waals surface area contributed by atoms with E-state index in [0.717, 1.165) is 39.8 Å². The predicted octanol–water partition coefficient (Wildman–Crippen LogP) is 2.42. The Kier molecular flexibility index (Phi) is 2.69. The van der Waals surface area contributed by atoms with E-state index in [9.17, 15) is 0 Å². The van der Waals surface area contributed by atoms with Gasteiger partial charge in [0.05, 0.1) is 10.6 Å². The normalized spacial score (nSPS) is 19.5. The van der Waals surface area contributed by atoms with Crippen molar-refractivity contribution in [1.82, 2.24) is 0 Å². The summed E-state index contributed by atoms with van der Waals surface area (Å²) in [4.78, 5) is 1.00. The van der Waals surface area contributed by atoms with Gasteiger partial charge >= 0.3 is 0 Å². The van der Waals surface area contributed by atoms with Crippen LogP contribution in [0.1, 0.15) is 18.9 Å². The number of hydrogen-bond acceptors (Lipinski definition) is 4. The van der Waals surface area contributed by atoms with Crippen molar-refractivity contribution < 1.29 is 4.74 Å². The Balaban J connectivity index is 2.48. The first-order chi connectivity index (χ1) is 7.13. The summed E-state index contributed by atoms with van der Waals surface area (Å²) in [6, 6.07) is 1.91. The fourth-order valence-corrected chi connectivity index (χ4v) is 2.82. The van der Waals surface area contributed by atoms with Crippen molar-refractivity contribution in [1.29, 1.82) is 0 Å². The molecule has 1 aromatic rings. The molecule has 0 saturated carbocycles. The van der Waals surface area contributed by atoms with Gasteiger partial charge in [0.25, 0.3) is 0 Å². The average molecular weight is 224 g/mol. The summed E-state index contributed by atoms with van der Waals surface area (Å²) in [5.74, 6) is 1.74. The first-order valence-electron chi connectivity index (χ1n) is 5.11. The van der Waals surface area contributed by atoms with Crippen LogP contribution in [-0.4, -0.2) is 11.9 Å². The molecule has 0 spiro atoms. The molecule has 0 fully saturated rings. The Labute approximate surface area is 94.2 Å². The zero-order chi connectivity index (χ0) is 11.0. The zero-order valence-corrected chi connectivity index (χ0v) is 9.86. The van der Waals surface area contributed by atoms with E-state index in [1.54, 1.807) is 11.8 Å². The smallest absolute Gasteiger partial charge is 0.158 e. The number of ether oxygens (including phenoxy) is 1. The van der Waals surface area contributed by atoms with E-state index >= 15 is 0 Å². The molecular formula is C11H16N2OS. The summed E-state index contributed by atoms with van der Waals surface area (Å²) in [5.41, 5.74) is 14.4. The maximum absolute atomic E-state index is 6.00. The number of anilines is 2. The van der Waals surface area contributed by atoms with E-state index in [4.69, 9.17) is 16.2 Å². The van der Waals surface area contributed by atoms with E-state index in [2.05, 4.69) is 6.92 Å². The lowest BCUT2D eigenvalue weighted by Crippen LogP contribution is -2.23. The minimum atomic E-state index is 0.256. The first kappa shape index (κ1) is 10.5. The van der Waals surface area contributed by atoms with Crippen molar-refractivity contribution in [2.24, 2.45) is 0 Å². The van der Waals surface area contributed by atoms with Crippen LogP contribution < -0.4 is 16.2 Å². The third-order valence-corrected chi connectivity index (χ3v) is 3.91. The minimum Gasteiger partial charge on any atom is -0.486 e. The highest BCUT2D eigenvalue weighted by molar-refractivity contribution is 7.99. The van der Waals surface area contributed by atoms with Gasteiger partial charge in [-0.15, -0.1) is 11.8 Å². The van der Waals surface area contributed by atoms with Crippen LogP contribution in [0.5, 0.6) is 5.75 Å². The molecule has 1 aromatic carbocycles. The standard InChI is InChI=1S/C11H16N2OS/c1-3-7-5-15-11-8(12)4-6(2)9(13)10(11)14-7/h4,7H,3,5,12-13H2,1-2H3. The Morgan fingerprint density at radius 3 is 2.93 bits per heavy atom. The maximum Gasteiger partial charge on any atom is 0.158 e. The number of rotatable bonds is 1. The monoisotopic (exact) mass is 224 g/mol. The second-order valence-electron chi connectivity index (χ2n) is 3.81. The zero-order valence-electron chi connectivity index (χ0n) is 9.04. The van der Waals surface area contributed by atoms with Gasteiger partial charge in [-0.1, -0.05) is 6.92 Å². The van der Waals surface area contributed by atoms with Crippen LogP contribution in [0.15, 0.2) is 11.0 Å². The molecule has 1 aliphatic rings. The van der Waals surface area contributed by atoms with Gasteiger partial charge in [-0.25, -0.2) is 0 Å². The summed E-state index contributed by atoms with van der Waals surface area (Å²) in [6.07, 6.45) is 1.26. The molecule has 3 nitrogen and oxygen atoms in total. The molecule has 0 saturated heterocycles. The number of hydrogen-bond donors (Lipinski definition) is 2. The SMILES string of the molecule is CCC1CSc2c(N)cc(C)c(N)c2O1. The highest BCUT2D eigenvalue weighted by Gasteiger charge is 2.23. The molecule has 82 valence electrons. The minimum absolute atomic E-state index is 0.256. The summed E-state index contributed by atoms with van der Waals surface area (Å²) in [7, 11) is 0. The summed E-state index contributed by atoms with van der Waals surface area (Å²) in [6.45, 7) is 4.07. The molecule has 1 aliphatic heterocycles. The van der Waals surface area contributed by atoms with Crippen LogP contribution in [-0.2, 0) is 0 Å². The number of aryl methyl sites for hydroxylation is 1. The molecule has 1 atom stereocenters. The lowest BCUT2D eigenvalue weighted by Gasteiger charge is -2.27. The van der Waals surface area contributed by atoms with Gasteiger partial charge in [0.15, 0.2) is 5.75 Å². The fourth-order valence-electron chi connectivity index (χ4n) is 1.65. The van der Waals surface area contributed by atoms with Gasteiger partial charge in [0.2, 0.25) is 0 Å². The molecule has 4 heteroatoms. The summed E-state index contributed by atoms with van der Waals surface area (Å²) in [5, 5.41) is 0. The van der Waals surface area contributed by atoms with Crippen molar-refractivity contribution in [2.75, 3.05) is 17.2 Å². The largest absolute Gasteiger partial charge is 0.486 e. The van der Waals surface area contributed by atoms with Gasteiger partial charge in [-0.3, -0.25) is 0 Å². The van der Waals surface area contributed by atoms with Crippen molar-refractivity contribution >= 4 is 23.1 Å². The molecule has 1 heterocycles. The lowest BCUT2D eigenvalue weighted by molar-refractivity contribution is 0.213.